The fourth-order valence-electron chi connectivity index (χ4n) is 4.87. The minimum Gasteiger partial charge on any atom is -0.352 e. The highest BCUT2D eigenvalue weighted by atomic mass is 35.5. The van der Waals surface area contributed by atoms with Crippen LogP contribution < -0.4 is 9.80 Å². The highest BCUT2D eigenvalue weighted by Gasteiger charge is 2.35. The summed E-state index contributed by atoms with van der Waals surface area (Å²) in [7, 11) is 1.69. The van der Waals surface area contributed by atoms with Gasteiger partial charge in [-0.15, -0.1) is 0 Å². The molecule has 3 heterocycles. The van der Waals surface area contributed by atoms with Gasteiger partial charge in [0.2, 0.25) is 5.91 Å². The molecule has 1 amide bonds. The van der Waals surface area contributed by atoms with Gasteiger partial charge in [-0.25, -0.2) is 0 Å². The number of nitrogens with zero attached hydrogens (tertiary/aromatic N) is 4. The topological polar surface area (TPSA) is 39.7 Å². The maximum absolute atomic E-state index is 12.2. The van der Waals surface area contributed by atoms with Gasteiger partial charge in [-0.3, -0.25) is 9.69 Å². The van der Waals surface area contributed by atoms with Crippen LogP contribution in [0.5, 0.6) is 0 Å². The van der Waals surface area contributed by atoms with Crippen molar-refractivity contribution in [1.82, 2.24) is 9.27 Å². The molecule has 33 heavy (non-hydrogen) atoms. The molecule has 2 aromatic carbocycles. The summed E-state index contributed by atoms with van der Waals surface area (Å²) in [6, 6.07) is 4.37. The molecule has 0 radical (unpaired) electrons. The van der Waals surface area contributed by atoms with E-state index in [4.69, 9.17) is 17.1 Å². The van der Waals surface area contributed by atoms with Crippen LogP contribution in [0.3, 0.4) is 0 Å². The summed E-state index contributed by atoms with van der Waals surface area (Å²) in [5.41, 5.74) is 3.08. The van der Waals surface area contributed by atoms with Crippen molar-refractivity contribution < 1.29 is 13.0 Å². The minimum absolute atomic E-state index is 0.0361. The number of rotatable bonds is 4. The monoisotopic (exact) mass is 488 g/mol. The summed E-state index contributed by atoms with van der Waals surface area (Å²) in [6.07, 6.45) is 0.485. The fraction of sp³-hybridized carbons (Fsp3) is 0.462. The molecule has 5 rings (SSSR count). The average Bonchev–Trinajstić information content (AvgIpc) is 3.34. The zero-order valence-corrected chi connectivity index (χ0v) is 20.9. The number of carbonyl (C=O) groups excluding carboxylic acids is 1. The first-order valence-electron chi connectivity index (χ1n) is 14.0. The van der Waals surface area contributed by atoms with Crippen LogP contribution in [-0.2, 0) is 17.6 Å². The number of likely N-dealkylation sites (N-methyl/N-ethyl adjacent to an activating group) is 1. The number of fused-ring (bicyclic) bond motifs is 2. The van der Waals surface area contributed by atoms with E-state index in [1.807, 2.05) is 31.2 Å². The number of halogens is 1. The van der Waals surface area contributed by atoms with Crippen molar-refractivity contribution in [3.63, 3.8) is 0 Å². The molecule has 1 saturated heterocycles. The van der Waals surface area contributed by atoms with Crippen LogP contribution in [0.1, 0.15) is 45.7 Å². The van der Waals surface area contributed by atoms with E-state index in [2.05, 4.69) is 4.37 Å². The highest BCUT2D eigenvalue weighted by molar-refractivity contribution is 7.13. The zero-order valence-electron chi connectivity index (χ0n) is 25.4. The summed E-state index contributed by atoms with van der Waals surface area (Å²) in [5, 5.41) is 1.04. The standard InChI is InChI=1S/C26H31ClN4OS/c1-15-7-6-8-23-25(15)26(28-33-23)30-13-17(3)31(18(4)14-30)16(2)9-19-10-20-11-24(32)29(5)22(20)12-21(19)27/h6-8,10,12,16-18H,9,11,13-14H2,1-5H3/i13D2,14D2,17D,18D. The number of aromatic nitrogens is 1. The van der Waals surface area contributed by atoms with Gasteiger partial charge in [0.25, 0.3) is 0 Å². The van der Waals surface area contributed by atoms with Gasteiger partial charge < -0.3 is 9.80 Å². The molecule has 0 saturated carbocycles. The lowest BCUT2D eigenvalue weighted by molar-refractivity contribution is -0.117. The first kappa shape index (κ1) is 16.5. The first-order valence-corrected chi connectivity index (χ1v) is 12.1. The Kier molecular flexibility index (Phi) is 4.28. The number of hydrogen-bond donors (Lipinski definition) is 0. The third kappa shape index (κ3) is 3.92. The Morgan fingerprint density at radius 3 is 2.76 bits per heavy atom. The Bertz CT molecular complexity index is 1460. The predicted molar refractivity (Wildman–Crippen MR) is 139 cm³/mol. The van der Waals surface area contributed by atoms with E-state index >= 15 is 0 Å². The smallest absolute Gasteiger partial charge is 0.231 e. The Morgan fingerprint density at radius 2 is 2.03 bits per heavy atom. The maximum atomic E-state index is 12.2. The molecular formula is C26H31ClN4OS. The van der Waals surface area contributed by atoms with Crippen LogP contribution in [0.2, 0.25) is 5.02 Å². The van der Waals surface area contributed by atoms with Crippen molar-refractivity contribution in [2.24, 2.45) is 0 Å². The average molecular weight is 489 g/mol. The first-order chi connectivity index (χ1) is 17.9. The van der Waals surface area contributed by atoms with Crippen molar-refractivity contribution >= 4 is 50.6 Å². The van der Waals surface area contributed by atoms with Crippen LogP contribution >= 0.6 is 23.1 Å². The molecule has 1 fully saturated rings. The third-order valence-corrected chi connectivity index (χ3v) is 7.60. The van der Waals surface area contributed by atoms with Gasteiger partial charge in [0.15, 0.2) is 5.82 Å². The summed E-state index contributed by atoms with van der Waals surface area (Å²) in [5.74, 6) is 0.0638. The molecule has 0 N–H and O–H groups in total. The van der Waals surface area contributed by atoms with Gasteiger partial charge in [-0.2, -0.15) is 4.37 Å². The van der Waals surface area contributed by atoms with Crippen molar-refractivity contribution in [1.29, 1.82) is 0 Å². The molecule has 0 bridgehead atoms. The van der Waals surface area contributed by atoms with Gasteiger partial charge in [-0.1, -0.05) is 29.8 Å². The summed E-state index contributed by atoms with van der Waals surface area (Å²) in [6.45, 7) is 1.23. The minimum atomic E-state index is -2.58. The van der Waals surface area contributed by atoms with E-state index in [0.29, 0.717) is 16.0 Å². The lowest BCUT2D eigenvalue weighted by Crippen LogP contribution is -2.60. The molecule has 3 aromatic rings. The van der Waals surface area contributed by atoms with Gasteiger partial charge >= 0.3 is 0 Å². The van der Waals surface area contributed by atoms with Gasteiger partial charge in [0.1, 0.15) is 0 Å². The summed E-state index contributed by atoms with van der Waals surface area (Å²) < 4.78 is 60.6. The molecule has 2 aliphatic rings. The number of benzene rings is 2. The molecular weight excluding hydrogens is 452 g/mol. The van der Waals surface area contributed by atoms with Crippen LogP contribution in [-0.4, -0.2) is 53.3 Å². The lowest BCUT2D eigenvalue weighted by atomic mass is 9.97. The number of carbonyl (C=O) groups is 1. The number of piperazine rings is 1. The molecule has 5 nitrogen and oxygen atoms in total. The fourth-order valence-corrected chi connectivity index (χ4v) is 5.94. The molecule has 0 spiro atoms. The Labute approximate surface area is 213 Å². The van der Waals surface area contributed by atoms with Crippen LogP contribution in [0.25, 0.3) is 10.1 Å². The molecule has 3 atom stereocenters. The van der Waals surface area contributed by atoms with Crippen LogP contribution in [0.4, 0.5) is 11.5 Å². The van der Waals surface area contributed by atoms with E-state index < -0.39 is 31.1 Å². The second-order valence-corrected chi connectivity index (χ2v) is 10.0. The molecule has 1 aromatic heterocycles. The molecule has 3 unspecified atom stereocenters. The lowest BCUT2D eigenvalue weighted by Gasteiger charge is -2.47. The highest BCUT2D eigenvalue weighted by Crippen LogP contribution is 2.36. The summed E-state index contributed by atoms with van der Waals surface area (Å²) in [4.78, 5) is 16.0. The molecule has 174 valence electrons. The van der Waals surface area contributed by atoms with Crippen molar-refractivity contribution in [3.8, 4) is 0 Å². The number of aryl methyl sites for hydroxylation is 1. The number of hydrogen-bond acceptors (Lipinski definition) is 5. The molecule has 7 heteroatoms. The Morgan fingerprint density at radius 1 is 1.30 bits per heavy atom. The van der Waals surface area contributed by atoms with Crippen LogP contribution in [0, 0.1) is 6.92 Å². The largest absolute Gasteiger partial charge is 0.352 e. The van der Waals surface area contributed by atoms with Crippen molar-refractivity contribution in [2.45, 2.75) is 58.6 Å². The maximum Gasteiger partial charge on any atom is 0.231 e. The third-order valence-electron chi connectivity index (χ3n) is 6.45. The van der Waals surface area contributed by atoms with E-state index in [0.717, 1.165) is 37.9 Å². The normalized spacial score (nSPS) is 32.5. The van der Waals surface area contributed by atoms with Gasteiger partial charge in [0.05, 0.1) is 16.6 Å². The molecule has 2 aliphatic heterocycles. The Hall–Kier alpha value is -2.15. The van der Waals surface area contributed by atoms with Crippen molar-refractivity contribution in [3.05, 3.63) is 52.0 Å². The zero-order chi connectivity index (χ0) is 28.9. The quantitative estimate of drug-likeness (QED) is 0.499. The van der Waals surface area contributed by atoms with E-state index in [1.54, 1.807) is 24.9 Å². The van der Waals surface area contributed by atoms with E-state index in [-0.39, 0.29) is 24.6 Å². The number of anilines is 2. The SMILES string of the molecule is [2H]C1([2H])N(c2nsc3cccc(C)c23)C([2H])([2H])C([2H])(C)N(C(C)Cc2cc3c(cc2Cl)N(C)C(=O)C3)C1([2H])C. The second kappa shape index (κ2) is 8.57. The second-order valence-electron chi connectivity index (χ2n) is 8.81. The van der Waals surface area contributed by atoms with Gasteiger partial charge in [0, 0.05) is 57.0 Å². The predicted octanol–water partition coefficient (Wildman–Crippen LogP) is 5.31. The van der Waals surface area contributed by atoms with Gasteiger partial charge in [-0.05, 0) is 74.5 Å². The van der Waals surface area contributed by atoms with E-state index in [1.165, 1.54) is 18.7 Å². The number of amides is 1. The van der Waals surface area contributed by atoms with Crippen molar-refractivity contribution in [2.75, 3.05) is 29.8 Å². The molecule has 0 aliphatic carbocycles. The summed E-state index contributed by atoms with van der Waals surface area (Å²) >= 11 is 7.75. The van der Waals surface area contributed by atoms with E-state index in [9.17, 15) is 7.54 Å². The van der Waals surface area contributed by atoms with Crippen LogP contribution in [0.15, 0.2) is 30.3 Å². The Balaban J connectivity index is 1.58.